The van der Waals surface area contributed by atoms with E-state index in [9.17, 15) is 19.5 Å². The van der Waals surface area contributed by atoms with Crippen LogP contribution in [0, 0.1) is 19.8 Å². The Hall–Kier alpha value is -2.52. The van der Waals surface area contributed by atoms with E-state index >= 15 is 0 Å². The van der Waals surface area contributed by atoms with Crippen molar-refractivity contribution in [2.24, 2.45) is 5.92 Å². The number of hydrogen-bond acceptors (Lipinski definition) is 7. The van der Waals surface area contributed by atoms with Crippen LogP contribution in [0.4, 0.5) is 0 Å². The lowest BCUT2D eigenvalue weighted by molar-refractivity contribution is -0.147. The first-order chi connectivity index (χ1) is 17.2. The lowest BCUT2D eigenvalue weighted by Gasteiger charge is -2.48. The van der Waals surface area contributed by atoms with Gasteiger partial charge in [0.1, 0.15) is 17.4 Å². The summed E-state index contributed by atoms with van der Waals surface area (Å²) >= 11 is 1.62. The minimum Gasteiger partial charge on any atom is -0.484 e. The molecule has 4 rings (SSSR count). The molecule has 2 amide bonds. The van der Waals surface area contributed by atoms with Crippen molar-refractivity contribution in [3.05, 3.63) is 39.7 Å². The molecule has 0 spiro atoms. The van der Waals surface area contributed by atoms with Gasteiger partial charge >= 0.3 is 5.63 Å². The summed E-state index contributed by atoms with van der Waals surface area (Å²) in [7, 11) is 0. The molecule has 1 aliphatic heterocycles. The molecular weight excluding hydrogens is 480 g/mol. The van der Waals surface area contributed by atoms with E-state index in [1.165, 1.54) is 0 Å². The Morgan fingerprint density at radius 2 is 2.08 bits per heavy atom. The van der Waals surface area contributed by atoms with Crippen molar-refractivity contribution in [2.75, 3.05) is 31.7 Å². The Morgan fingerprint density at radius 1 is 1.28 bits per heavy atom. The van der Waals surface area contributed by atoms with Crippen molar-refractivity contribution in [3.8, 4) is 5.75 Å². The normalized spacial score (nSPS) is 22.7. The highest BCUT2D eigenvalue weighted by molar-refractivity contribution is 7.98. The number of hydrogen-bond donors (Lipinski definition) is 2. The quantitative estimate of drug-likeness (QED) is 0.519. The summed E-state index contributed by atoms with van der Waals surface area (Å²) in [6, 6.07) is 4.51. The van der Waals surface area contributed by atoms with Gasteiger partial charge in [-0.1, -0.05) is 12.8 Å². The molecular formula is C27H36N2O6S. The number of nitrogens with zero attached hydrogens (tertiary/aromatic N) is 1. The summed E-state index contributed by atoms with van der Waals surface area (Å²) < 4.78 is 11.0. The van der Waals surface area contributed by atoms with E-state index in [0.29, 0.717) is 42.8 Å². The first kappa shape index (κ1) is 26.5. The van der Waals surface area contributed by atoms with Gasteiger partial charge in [0, 0.05) is 36.0 Å². The van der Waals surface area contributed by atoms with Gasteiger partial charge in [-0.15, -0.1) is 0 Å². The van der Waals surface area contributed by atoms with Crippen molar-refractivity contribution in [1.29, 1.82) is 0 Å². The lowest BCUT2D eigenvalue weighted by Crippen LogP contribution is -2.58. The fourth-order valence-electron chi connectivity index (χ4n) is 5.39. The highest BCUT2D eigenvalue weighted by Gasteiger charge is 2.44. The zero-order valence-corrected chi connectivity index (χ0v) is 22.1. The lowest BCUT2D eigenvalue weighted by atomic mass is 9.71. The van der Waals surface area contributed by atoms with Crippen molar-refractivity contribution in [3.63, 3.8) is 0 Å². The maximum absolute atomic E-state index is 13.4. The molecule has 9 heteroatoms. The van der Waals surface area contributed by atoms with Gasteiger partial charge in [-0.3, -0.25) is 9.59 Å². The van der Waals surface area contributed by atoms with E-state index in [1.807, 2.05) is 18.1 Å². The van der Waals surface area contributed by atoms with Gasteiger partial charge in [0.2, 0.25) is 5.91 Å². The highest BCUT2D eigenvalue weighted by Crippen LogP contribution is 2.40. The number of aryl methyl sites for hydroxylation is 1. The SMILES string of the molecule is CSCCC(NC(=O)COc1ccc2c(C)c(C)c(=O)oc2c1)C(=O)N1CCC2(O)CCCCC2C1. The van der Waals surface area contributed by atoms with Crippen molar-refractivity contribution < 1.29 is 23.8 Å². The number of likely N-dealkylation sites (tertiary alicyclic amines) is 1. The second kappa shape index (κ2) is 11.3. The zero-order chi connectivity index (χ0) is 25.9. The number of carbonyl (C=O) groups is 2. The fourth-order valence-corrected chi connectivity index (χ4v) is 5.86. The number of benzene rings is 1. The van der Waals surface area contributed by atoms with Crippen molar-refractivity contribution in [1.82, 2.24) is 10.2 Å². The van der Waals surface area contributed by atoms with E-state index in [-0.39, 0.29) is 24.3 Å². The number of aliphatic hydroxyl groups is 1. The molecule has 1 aliphatic carbocycles. The van der Waals surface area contributed by atoms with Crippen molar-refractivity contribution >= 4 is 34.5 Å². The molecule has 2 aromatic rings. The van der Waals surface area contributed by atoms with Crippen LogP contribution in [-0.2, 0) is 9.59 Å². The third-order valence-corrected chi connectivity index (χ3v) is 8.43. The molecule has 1 aromatic heterocycles. The van der Waals surface area contributed by atoms with Crippen LogP contribution in [0.5, 0.6) is 5.75 Å². The number of fused-ring (bicyclic) bond motifs is 2. The number of thioether (sulfide) groups is 1. The molecule has 2 heterocycles. The number of ether oxygens (including phenoxy) is 1. The molecule has 3 atom stereocenters. The monoisotopic (exact) mass is 516 g/mol. The Bertz CT molecular complexity index is 1180. The Kier molecular flexibility index (Phi) is 8.30. The van der Waals surface area contributed by atoms with Gasteiger partial charge in [-0.25, -0.2) is 4.79 Å². The van der Waals surface area contributed by atoms with Gasteiger partial charge in [0.15, 0.2) is 6.61 Å². The standard InChI is InChI=1S/C27H36N2O6S/c1-17-18(2)26(32)35-23-14-20(7-8-21(17)23)34-16-24(30)28-22(9-13-36-3)25(31)29-12-11-27(33)10-5-4-6-19(27)15-29/h7-8,14,19,22,33H,4-6,9-13,15-16H2,1-3H3,(H,28,30). The number of rotatable bonds is 8. The summed E-state index contributed by atoms with van der Waals surface area (Å²) in [5.41, 5.74) is 0.775. The third-order valence-electron chi connectivity index (χ3n) is 7.78. The number of piperidine rings is 1. The summed E-state index contributed by atoms with van der Waals surface area (Å²) in [6.45, 7) is 4.38. The maximum Gasteiger partial charge on any atom is 0.339 e. The van der Waals surface area contributed by atoms with E-state index in [1.54, 1.807) is 36.9 Å². The van der Waals surface area contributed by atoms with Crippen LogP contribution >= 0.6 is 11.8 Å². The minimum absolute atomic E-state index is 0.0941. The predicted molar refractivity (Wildman–Crippen MR) is 140 cm³/mol. The van der Waals surface area contributed by atoms with Gasteiger partial charge in [-0.2, -0.15) is 11.8 Å². The molecule has 196 valence electrons. The van der Waals surface area contributed by atoms with Gasteiger partial charge in [-0.05, 0) is 69.2 Å². The molecule has 36 heavy (non-hydrogen) atoms. The summed E-state index contributed by atoms with van der Waals surface area (Å²) in [4.78, 5) is 39.9. The second-order valence-electron chi connectivity index (χ2n) is 10.1. The van der Waals surface area contributed by atoms with Crippen LogP contribution in [0.2, 0.25) is 0 Å². The average Bonchev–Trinajstić information content (AvgIpc) is 2.87. The van der Waals surface area contributed by atoms with Crippen molar-refractivity contribution in [2.45, 2.75) is 64.0 Å². The summed E-state index contributed by atoms with van der Waals surface area (Å²) in [5, 5.41) is 14.6. The van der Waals surface area contributed by atoms with Crippen LogP contribution in [0.3, 0.4) is 0 Å². The first-order valence-electron chi connectivity index (χ1n) is 12.7. The van der Waals surface area contributed by atoms with Gasteiger partial charge < -0.3 is 24.5 Å². The van der Waals surface area contributed by atoms with E-state index in [2.05, 4.69) is 5.32 Å². The number of carbonyl (C=O) groups excluding carboxylic acids is 2. The number of nitrogens with one attached hydrogen (secondary N) is 1. The summed E-state index contributed by atoms with van der Waals surface area (Å²) in [6.07, 6.45) is 6.94. The Balaban J connectivity index is 1.38. The third kappa shape index (κ3) is 5.72. The molecule has 1 saturated carbocycles. The fraction of sp³-hybridized carbons (Fsp3) is 0.593. The van der Waals surface area contributed by atoms with Crippen LogP contribution in [-0.4, -0.2) is 65.2 Å². The summed E-state index contributed by atoms with van der Waals surface area (Å²) in [5.74, 6) is 0.764. The van der Waals surface area contributed by atoms with E-state index < -0.39 is 17.3 Å². The molecule has 1 saturated heterocycles. The molecule has 0 bridgehead atoms. The van der Waals surface area contributed by atoms with Crippen LogP contribution in [0.25, 0.3) is 11.0 Å². The van der Waals surface area contributed by atoms with E-state index in [0.717, 1.165) is 42.4 Å². The molecule has 8 nitrogen and oxygen atoms in total. The van der Waals surface area contributed by atoms with Crippen LogP contribution in [0.1, 0.15) is 49.7 Å². The van der Waals surface area contributed by atoms with Gasteiger partial charge in [0.25, 0.3) is 5.91 Å². The molecule has 2 N–H and O–H groups in total. The molecule has 2 fully saturated rings. The molecule has 2 aliphatic rings. The smallest absolute Gasteiger partial charge is 0.339 e. The van der Waals surface area contributed by atoms with E-state index in [4.69, 9.17) is 9.15 Å². The Morgan fingerprint density at radius 3 is 2.86 bits per heavy atom. The first-order valence-corrected chi connectivity index (χ1v) is 14.1. The largest absolute Gasteiger partial charge is 0.484 e. The Labute approximate surface area is 215 Å². The topological polar surface area (TPSA) is 109 Å². The van der Waals surface area contributed by atoms with Crippen LogP contribution in [0.15, 0.2) is 27.4 Å². The predicted octanol–water partition coefficient (Wildman–Crippen LogP) is 3.18. The maximum atomic E-state index is 13.4. The molecule has 1 aromatic carbocycles. The number of amides is 2. The second-order valence-corrected chi connectivity index (χ2v) is 11.1. The molecule has 3 unspecified atom stereocenters. The van der Waals surface area contributed by atoms with Gasteiger partial charge in [0.05, 0.1) is 5.60 Å². The van der Waals surface area contributed by atoms with Crippen LogP contribution < -0.4 is 15.7 Å². The highest BCUT2D eigenvalue weighted by atomic mass is 32.2. The minimum atomic E-state index is -0.656. The average molecular weight is 517 g/mol. The zero-order valence-electron chi connectivity index (χ0n) is 21.3. The molecule has 0 radical (unpaired) electrons.